The molecule has 3 nitrogen and oxygen atoms in total. The van der Waals surface area contributed by atoms with Crippen LogP contribution in [0.4, 0.5) is 0 Å². The summed E-state index contributed by atoms with van der Waals surface area (Å²) in [6, 6.07) is 0. The molecular weight excluding hydrogens is 268 g/mol. The molecule has 0 saturated heterocycles. The van der Waals surface area contributed by atoms with Gasteiger partial charge in [0.1, 0.15) is 10.7 Å². The third kappa shape index (κ3) is 1.88. The van der Waals surface area contributed by atoms with E-state index in [1.807, 2.05) is 0 Å². The number of thiophene rings is 1. The van der Waals surface area contributed by atoms with E-state index in [9.17, 15) is 4.79 Å². The second-order valence-corrected chi connectivity index (χ2v) is 6.20. The average molecular weight is 283 g/mol. The Bertz CT molecular complexity index is 646. The van der Waals surface area contributed by atoms with Gasteiger partial charge in [0.05, 0.1) is 11.3 Å². The quantitative estimate of drug-likeness (QED) is 0.860. The minimum Gasteiger partial charge on any atom is -0.309 e. The van der Waals surface area contributed by atoms with Crippen molar-refractivity contribution in [1.82, 2.24) is 9.97 Å². The highest BCUT2D eigenvalue weighted by molar-refractivity contribution is 7.18. The van der Waals surface area contributed by atoms with Crippen molar-refractivity contribution in [3.63, 3.8) is 0 Å². The van der Waals surface area contributed by atoms with Gasteiger partial charge in [-0.25, -0.2) is 4.98 Å². The summed E-state index contributed by atoms with van der Waals surface area (Å²) in [4.78, 5) is 21.5. The second-order valence-electron chi connectivity index (χ2n) is 4.85. The van der Waals surface area contributed by atoms with Gasteiger partial charge in [-0.2, -0.15) is 0 Å². The maximum absolute atomic E-state index is 12.1. The summed E-state index contributed by atoms with van der Waals surface area (Å²) in [5.74, 6) is 1.59. The number of hydrogen-bond donors (Lipinski definition) is 1. The van der Waals surface area contributed by atoms with Crippen molar-refractivity contribution < 1.29 is 0 Å². The Labute approximate surface area is 114 Å². The molecule has 5 heteroatoms. The van der Waals surface area contributed by atoms with E-state index in [-0.39, 0.29) is 11.4 Å². The van der Waals surface area contributed by atoms with Gasteiger partial charge in [-0.1, -0.05) is 13.3 Å². The highest BCUT2D eigenvalue weighted by atomic mass is 35.5. The monoisotopic (exact) mass is 282 g/mol. The number of H-pyrrole nitrogens is 1. The molecule has 0 aliphatic heterocycles. The van der Waals surface area contributed by atoms with Crippen molar-refractivity contribution >= 4 is 33.2 Å². The number of nitrogens with one attached hydrogen (secondary N) is 1. The number of aromatic amines is 1. The fourth-order valence-electron chi connectivity index (χ4n) is 2.71. The first-order chi connectivity index (χ1) is 8.72. The molecule has 2 aromatic rings. The summed E-state index contributed by atoms with van der Waals surface area (Å²) in [6.45, 7) is 2.24. The Morgan fingerprint density at radius 3 is 3.11 bits per heavy atom. The van der Waals surface area contributed by atoms with Gasteiger partial charge in [-0.05, 0) is 30.7 Å². The maximum atomic E-state index is 12.1. The molecule has 1 aliphatic carbocycles. The van der Waals surface area contributed by atoms with Crippen LogP contribution in [0.3, 0.4) is 0 Å². The van der Waals surface area contributed by atoms with E-state index in [2.05, 4.69) is 16.9 Å². The van der Waals surface area contributed by atoms with E-state index in [0.29, 0.717) is 5.82 Å². The van der Waals surface area contributed by atoms with Gasteiger partial charge >= 0.3 is 0 Å². The van der Waals surface area contributed by atoms with Crippen LogP contribution in [-0.2, 0) is 18.7 Å². The third-order valence-corrected chi connectivity index (χ3v) is 5.18. The zero-order valence-electron chi connectivity index (χ0n) is 10.3. The number of aryl methyl sites for hydroxylation is 1. The predicted octanol–water partition coefficient (Wildman–Crippen LogP) is 3.24. The van der Waals surface area contributed by atoms with E-state index in [0.717, 1.165) is 29.0 Å². The highest BCUT2D eigenvalue weighted by Crippen LogP contribution is 2.36. The van der Waals surface area contributed by atoms with Crippen LogP contribution in [0, 0.1) is 5.92 Å². The van der Waals surface area contributed by atoms with Crippen molar-refractivity contribution in [2.24, 2.45) is 5.92 Å². The summed E-state index contributed by atoms with van der Waals surface area (Å²) in [6.07, 6.45) is 4.51. The molecule has 1 unspecified atom stereocenters. The van der Waals surface area contributed by atoms with Gasteiger partial charge in [0.2, 0.25) is 0 Å². The lowest BCUT2D eigenvalue weighted by Gasteiger charge is -2.20. The lowest BCUT2D eigenvalue weighted by molar-refractivity contribution is 0.451. The van der Waals surface area contributed by atoms with Crippen LogP contribution in [0.15, 0.2) is 4.79 Å². The molecule has 1 N–H and O–H groups in total. The normalized spacial score (nSPS) is 19.1. The van der Waals surface area contributed by atoms with E-state index in [1.54, 1.807) is 11.3 Å². The minimum atomic E-state index is -0.0249. The van der Waals surface area contributed by atoms with Gasteiger partial charge < -0.3 is 4.98 Å². The third-order valence-electron chi connectivity index (χ3n) is 3.77. The zero-order chi connectivity index (χ0) is 12.7. The molecular formula is C13H15ClN2OS. The molecule has 2 heterocycles. The number of rotatable bonds is 2. The summed E-state index contributed by atoms with van der Waals surface area (Å²) in [5.41, 5.74) is 1.21. The van der Waals surface area contributed by atoms with Crippen LogP contribution >= 0.6 is 22.9 Å². The topological polar surface area (TPSA) is 45.8 Å². The van der Waals surface area contributed by atoms with E-state index in [4.69, 9.17) is 11.6 Å². The van der Waals surface area contributed by atoms with Crippen LogP contribution in [0.1, 0.15) is 36.0 Å². The minimum absolute atomic E-state index is 0.0249. The van der Waals surface area contributed by atoms with Crippen molar-refractivity contribution in [2.75, 3.05) is 0 Å². The molecule has 0 amide bonds. The van der Waals surface area contributed by atoms with Gasteiger partial charge in [0.25, 0.3) is 5.56 Å². The van der Waals surface area contributed by atoms with Gasteiger partial charge in [-0.15, -0.1) is 22.9 Å². The molecule has 0 aromatic carbocycles. The van der Waals surface area contributed by atoms with Crippen molar-refractivity contribution in [2.45, 2.75) is 38.5 Å². The summed E-state index contributed by atoms with van der Waals surface area (Å²) in [7, 11) is 0. The van der Waals surface area contributed by atoms with Crippen LogP contribution in [-0.4, -0.2) is 9.97 Å². The van der Waals surface area contributed by atoms with E-state index in [1.165, 1.54) is 23.3 Å². The molecule has 2 aromatic heterocycles. The predicted molar refractivity (Wildman–Crippen MR) is 75.6 cm³/mol. The standard InChI is InChI=1S/C13H15ClN2OS/c1-2-7-3-4-8-9(5-7)18-13-11(8)12(17)15-10(6-14)16-13/h7H,2-6H2,1H3,(H,15,16,17). The van der Waals surface area contributed by atoms with Crippen LogP contribution in [0.5, 0.6) is 0 Å². The van der Waals surface area contributed by atoms with Gasteiger partial charge in [-0.3, -0.25) is 4.79 Å². The molecule has 18 heavy (non-hydrogen) atoms. The Balaban J connectivity index is 2.18. The number of fused-ring (bicyclic) bond motifs is 3. The Kier molecular flexibility index (Phi) is 3.16. The molecule has 1 aliphatic rings. The molecule has 3 rings (SSSR count). The summed E-state index contributed by atoms with van der Waals surface area (Å²) >= 11 is 7.42. The zero-order valence-corrected chi connectivity index (χ0v) is 11.8. The molecule has 0 spiro atoms. The average Bonchev–Trinajstić information content (AvgIpc) is 2.75. The molecule has 1 atom stereocenters. The summed E-state index contributed by atoms with van der Waals surface area (Å²) < 4.78 is 0. The van der Waals surface area contributed by atoms with Gasteiger partial charge in [0, 0.05) is 4.88 Å². The SMILES string of the molecule is CCC1CCc2c(sc3nc(CCl)[nH]c(=O)c23)C1. The first-order valence-corrected chi connectivity index (χ1v) is 7.67. The highest BCUT2D eigenvalue weighted by Gasteiger charge is 2.24. The largest absolute Gasteiger partial charge is 0.309 e. The molecule has 0 saturated carbocycles. The van der Waals surface area contributed by atoms with Crippen LogP contribution < -0.4 is 5.56 Å². The van der Waals surface area contributed by atoms with E-state index >= 15 is 0 Å². The maximum Gasteiger partial charge on any atom is 0.259 e. The Morgan fingerprint density at radius 2 is 2.39 bits per heavy atom. The van der Waals surface area contributed by atoms with Crippen LogP contribution in [0.25, 0.3) is 10.2 Å². The second kappa shape index (κ2) is 4.67. The number of hydrogen-bond acceptors (Lipinski definition) is 3. The van der Waals surface area contributed by atoms with Crippen molar-refractivity contribution in [1.29, 1.82) is 0 Å². The molecule has 0 bridgehead atoms. The lowest BCUT2D eigenvalue weighted by Crippen LogP contribution is -2.15. The van der Waals surface area contributed by atoms with Gasteiger partial charge in [0.15, 0.2) is 0 Å². The Hall–Kier alpha value is -0.870. The Morgan fingerprint density at radius 1 is 1.56 bits per heavy atom. The van der Waals surface area contributed by atoms with Crippen molar-refractivity contribution in [3.8, 4) is 0 Å². The smallest absolute Gasteiger partial charge is 0.259 e. The first kappa shape index (κ1) is 12.2. The number of halogens is 1. The fraction of sp³-hybridized carbons (Fsp3) is 0.538. The number of nitrogens with zero attached hydrogens (tertiary/aromatic N) is 1. The van der Waals surface area contributed by atoms with Crippen molar-refractivity contribution in [3.05, 3.63) is 26.6 Å². The first-order valence-electron chi connectivity index (χ1n) is 6.32. The summed E-state index contributed by atoms with van der Waals surface area (Å²) in [5, 5.41) is 0.804. The lowest BCUT2D eigenvalue weighted by atomic mass is 9.86. The fourth-order valence-corrected chi connectivity index (χ4v) is 4.19. The van der Waals surface area contributed by atoms with Crippen LogP contribution in [0.2, 0.25) is 0 Å². The van der Waals surface area contributed by atoms with E-state index < -0.39 is 0 Å². The number of aromatic nitrogens is 2. The number of alkyl halides is 1. The molecule has 0 fully saturated rings. The molecule has 96 valence electrons. The molecule has 0 radical (unpaired) electrons.